The number of aliphatic hydroxyl groups excluding tert-OH is 3. The minimum Gasteiger partial charge on any atom is -0.394 e. The van der Waals surface area contributed by atoms with E-state index in [2.05, 4.69) is 5.32 Å². The van der Waals surface area contributed by atoms with Crippen LogP contribution in [0, 0.1) is 0 Å². The van der Waals surface area contributed by atoms with Crippen LogP contribution in [0.15, 0.2) is 0 Å². The second-order valence-electron chi connectivity index (χ2n) is 3.66. The smallest absolute Gasteiger partial charge is 0.147 e. The summed E-state index contributed by atoms with van der Waals surface area (Å²) in [6.45, 7) is -0.897. The van der Waals surface area contributed by atoms with Crippen molar-refractivity contribution in [2.24, 2.45) is 0 Å². The Morgan fingerprint density at radius 1 is 1.13 bits per heavy atom. The second kappa shape index (κ2) is 6.39. The van der Waals surface area contributed by atoms with Crippen molar-refractivity contribution in [1.82, 2.24) is 5.32 Å². The number of rotatable bonds is 8. The minimum atomic E-state index is -2.99. The maximum Gasteiger partial charge on any atom is 0.147 e. The first-order valence-electron chi connectivity index (χ1n) is 4.64. The molecule has 0 aromatic rings. The van der Waals surface area contributed by atoms with Gasteiger partial charge in [0.1, 0.15) is 9.84 Å². The van der Waals surface area contributed by atoms with Crippen molar-refractivity contribution in [3.05, 3.63) is 0 Å². The fraction of sp³-hybridized carbons (Fsp3) is 1.00. The molecule has 0 unspecified atom stereocenters. The summed E-state index contributed by atoms with van der Waals surface area (Å²) in [5.41, 5.74) is -1.13. The Morgan fingerprint density at radius 3 is 1.93 bits per heavy atom. The summed E-state index contributed by atoms with van der Waals surface area (Å²) >= 11 is 0. The zero-order chi connectivity index (χ0) is 11.9. The van der Waals surface area contributed by atoms with Crippen molar-refractivity contribution in [2.75, 3.05) is 38.4 Å². The van der Waals surface area contributed by atoms with Crippen LogP contribution in [0.1, 0.15) is 6.42 Å². The van der Waals surface area contributed by atoms with Gasteiger partial charge in [0, 0.05) is 6.26 Å². The molecule has 0 aliphatic rings. The largest absolute Gasteiger partial charge is 0.394 e. The van der Waals surface area contributed by atoms with Crippen molar-refractivity contribution in [1.29, 1.82) is 0 Å². The molecule has 0 amide bonds. The molecule has 4 N–H and O–H groups in total. The Morgan fingerprint density at radius 2 is 1.60 bits per heavy atom. The Balaban J connectivity index is 3.92. The zero-order valence-corrected chi connectivity index (χ0v) is 9.63. The molecule has 0 rings (SSSR count). The maximum atomic E-state index is 10.8. The molecular formula is C8H19NO5S. The molecule has 0 aliphatic carbocycles. The second-order valence-corrected chi connectivity index (χ2v) is 5.92. The molecule has 0 spiro atoms. The Labute approximate surface area is 89.9 Å². The highest BCUT2D eigenvalue weighted by molar-refractivity contribution is 7.90. The van der Waals surface area contributed by atoms with Gasteiger partial charge in [0.25, 0.3) is 0 Å². The van der Waals surface area contributed by atoms with E-state index < -0.39 is 35.2 Å². The molecule has 92 valence electrons. The third-order valence-corrected chi connectivity index (χ3v) is 3.13. The fourth-order valence-electron chi connectivity index (χ4n) is 1.01. The molecule has 7 heteroatoms. The summed E-state index contributed by atoms with van der Waals surface area (Å²) in [4.78, 5) is 0. The lowest BCUT2D eigenvalue weighted by atomic mass is 10.0. The summed E-state index contributed by atoms with van der Waals surface area (Å²) in [6.07, 6.45) is 1.52. The van der Waals surface area contributed by atoms with Gasteiger partial charge in [-0.3, -0.25) is 0 Å². The van der Waals surface area contributed by atoms with Crippen LogP contribution in [0.5, 0.6) is 0 Å². The van der Waals surface area contributed by atoms with Crippen LogP contribution < -0.4 is 5.32 Å². The van der Waals surface area contributed by atoms with Gasteiger partial charge in [0.15, 0.2) is 0 Å². The topological polar surface area (TPSA) is 107 Å². The molecule has 6 nitrogen and oxygen atoms in total. The summed E-state index contributed by atoms with van der Waals surface area (Å²) in [5, 5.41) is 29.5. The van der Waals surface area contributed by atoms with Crippen molar-refractivity contribution in [3.63, 3.8) is 0 Å². The number of hydrogen-bond donors (Lipinski definition) is 4. The summed E-state index contributed by atoms with van der Waals surface area (Å²) in [7, 11) is -2.99. The quantitative estimate of drug-likeness (QED) is 0.357. The van der Waals surface area contributed by atoms with Gasteiger partial charge in [0.2, 0.25) is 0 Å². The standard InChI is InChI=1S/C8H19NO5S/c1-15(13,14)4-2-3-9-8(5-10,6-11)7-12/h9-12H,2-7H2,1H3. The predicted octanol–water partition coefficient (Wildman–Crippen LogP) is -2.27. The number of nitrogens with one attached hydrogen (secondary N) is 1. The van der Waals surface area contributed by atoms with Crippen molar-refractivity contribution in [2.45, 2.75) is 12.0 Å². The van der Waals surface area contributed by atoms with E-state index in [1.807, 2.05) is 0 Å². The van der Waals surface area contributed by atoms with E-state index in [4.69, 9.17) is 15.3 Å². The molecule has 0 fully saturated rings. The average molecular weight is 241 g/mol. The monoisotopic (exact) mass is 241 g/mol. The third kappa shape index (κ3) is 6.06. The van der Waals surface area contributed by atoms with Gasteiger partial charge in [-0.25, -0.2) is 8.42 Å². The Bertz CT molecular complexity index is 252. The van der Waals surface area contributed by atoms with E-state index >= 15 is 0 Å². The number of aliphatic hydroxyl groups is 3. The lowest BCUT2D eigenvalue weighted by Crippen LogP contribution is -2.55. The lowest BCUT2D eigenvalue weighted by Gasteiger charge is -2.28. The Kier molecular flexibility index (Phi) is 6.30. The fourth-order valence-corrected chi connectivity index (χ4v) is 1.67. The molecule has 0 saturated heterocycles. The van der Waals surface area contributed by atoms with E-state index in [-0.39, 0.29) is 5.75 Å². The first kappa shape index (κ1) is 14.8. The highest BCUT2D eigenvalue weighted by atomic mass is 32.2. The van der Waals surface area contributed by atoms with E-state index in [1.165, 1.54) is 0 Å². The maximum absolute atomic E-state index is 10.8. The predicted molar refractivity (Wildman–Crippen MR) is 56.3 cm³/mol. The minimum absolute atomic E-state index is 0.0400. The van der Waals surface area contributed by atoms with Crippen LogP contribution in [0.25, 0.3) is 0 Å². The molecule has 0 aromatic carbocycles. The number of sulfone groups is 1. The molecule has 0 bridgehead atoms. The third-order valence-electron chi connectivity index (χ3n) is 2.10. The molecule has 0 aromatic heterocycles. The molecular weight excluding hydrogens is 222 g/mol. The molecule has 0 saturated carbocycles. The Hall–Kier alpha value is -0.210. The van der Waals surface area contributed by atoms with E-state index in [0.29, 0.717) is 13.0 Å². The van der Waals surface area contributed by atoms with Gasteiger partial charge in [-0.15, -0.1) is 0 Å². The van der Waals surface area contributed by atoms with E-state index in [9.17, 15) is 8.42 Å². The van der Waals surface area contributed by atoms with E-state index in [1.54, 1.807) is 0 Å². The van der Waals surface area contributed by atoms with Crippen LogP contribution in [0.2, 0.25) is 0 Å². The normalized spacial score (nSPS) is 13.1. The van der Waals surface area contributed by atoms with Crippen LogP contribution in [0.3, 0.4) is 0 Å². The molecule has 0 aliphatic heterocycles. The SMILES string of the molecule is CS(=O)(=O)CCCNC(CO)(CO)CO. The molecule has 15 heavy (non-hydrogen) atoms. The van der Waals surface area contributed by atoms with Gasteiger partial charge < -0.3 is 20.6 Å². The van der Waals surface area contributed by atoms with Crippen molar-refractivity contribution < 1.29 is 23.7 Å². The van der Waals surface area contributed by atoms with Gasteiger partial charge in [-0.05, 0) is 13.0 Å². The zero-order valence-electron chi connectivity index (χ0n) is 8.81. The summed E-state index contributed by atoms with van der Waals surface area (Å²) in [5.74, 6) is 0.0400. The first-order valence-corrected chi connectivity index (χ1v) is 6.70. The summed E-state index contributed by atoms with van der Waals surface area (Å²) < 4.78 is 21.6. The molecule has 0 radical (unpaired) electrons. The lowest BCUT2D eigenvalue weighted by molar-refractivity contribution is 0.0429. The number of hydrogen-bond acceptors (Lipinski definition) is 6. The van der Waals surface area contributed by atoms with Crippen LogP contribution in [-0.4, -0.2) is 67.7 Å². The van der Waals surface area contributed by atoms with Crippen molar-refractivity contribution >= 4 is 9.84 Å². The van der Waals surface area contributed by atoms with Gasteiger partial charge >= 0.3 is 0 Å². The highest BCUT2D eigenvalue weighted by Crippen LogP contribution is 2.01. The molecule has 0 atom stereocenters. The highest BCUT2D eigenvalue weighted by Gasteiger charge is 2.26. The van der Waals surface area contributed by atoms with Crippen LogP contribution in [-0.2, 0) is 9.84 Å². The van der Waals surface area contributed by atoms with Crippen molar-refractivity contribution in [3.8, 4) is 0 Å². The van der Waals surface area contributed by atoms with Crippen LogP contribution >= 0.6 is 0 Å². The summed E-state index contributed by atoms with van der Waals surface area (Å²) in [6, 6.07) is 0. The van der Waals surface area contributed by atoms with Crippen LogP contribution in [0.4, 0.5) is 0 Å². The average Bonchev–Trinajstić information content (AvgIpc) is 2.18. The molecule has 0 heterocycles. The van der Waals surface area contributed by atoms with Gasteiger partial charge in [-0.2, -0.15) is 0 Å². The van der Waals surface area contributed by atoms with E-state index in [0.717, 1.165) is 6.26 Å². The van der Waals surface area contributed by atoms with Gasteiger partial charge in [-0.1, -0.05) is 0 Å². The van der Waals surface area contributed by atoms with Gasteiger partial charge in [0.05, 0.1) is 31.1 Å². The first-order chi connectivity index (χ1) is 6.89.